The molecule has 3 aromatic carbocycles. The number of fused-ring (bicyclic) bond motifs is 2. The molecule has 0 fully saturated rings. The van der Waals surface area contributed by atoms with Crippen molar-refractivity contribution in [1.82, 2.24) is 0 Å². The zero-order chi connectivity index (χ0) is 15.1. The fourth-order valence-electron chi connectivity index (χ4n) is 3.31. The highest BCUT2D eigenvalue weighted by molar-refractivity contribution is 6.97. The van der Waals surface area contributed by atoms with Crippen LogP contribution in [0.5, 0.6) is 11.5 Å². The Bertz CT molecular complexity index is 843. The zero-order valence-electron chi connectivity index (χ0n) is 12.8. The average Bonchev–Trinajstić information content (AvgIpc) is 2.53. The summed E-state index contributed by atoms with van der Waals surface area (Å²) in [6, 6.07) is 23.5. The number of para-hydroxylation sites is 1. The Morgan fingerprint density at radius 1 is 0.682 bits per heavy atom. The third kappa shape index (κ3) is 2.03. The monoisotopic (exact) mass is 284 g/mol. The number of hydrogen-bond acceptors (Lipinski definition) is 1. The van der Waals surface area contributed by atoms with E-state index in [9.17, 15) is 0 Å². The van der Waals surface area contributed by atoms with Crippen LogP contribution in [0.25, 0.3) is 0 Å². The van der Waals surface area contributed by atoms with Gasteiger partial charge in [0.1, 0.15) is 11.5 Å². The lowest BCUT2D eigenvalue weighted by Crippen LogP contribution is -2.55. The van der Waals surface area contributed by atoms with E-state index >= 15 is 0 Å². The first-order chi connectivity index (χ1) is 10.7. The summed E-state index contributed by atoms with van der Waals surface area (Å²) in [5.41, 5.74) is 6.38. The molecule has 4 rings (SSSR count). The summed E-state index contributed by atoms with van der Waals surface area (Å²) in [4.78, 5) is 0. The average molecular weight is 284 g/mol. The van der Waals surface area contributed by atoms with E-state index in [1.807, 2.05) is 6.07 Å². The van der Waals surface area contributed by atoms with Crippen LogP contribution in [0, 0.1) is 13.8 Å². The van der Waals surface area contributed by atoms with Gasteiger partial charge in [-0.3, -0.25) is 0 Å². The van der Waals surface area contributed by atoms with Crippen molar-refractivity contribution in [1.29, 1.82) is 0 Å². The van der Waals surface area contributed by atoms with Crippen molar-refractivity contribution >= 4 is 23.1 Å². The Balaban J connectivity index is 2.00. The van der Waals surface area contributed by atoms with Gasteiger partial charge in [-0.25, -0.2) is 0 Å². The van der Waals surface area contributed by atoms with E-state index in [1.54, 1.807) is 0 Å². The third-order valence-electron chi connectivity index (χ3n) is 4.43. The summed E-state index contributed by atoms with van der Waals surface area (Å²) in [6.45, 7) is 4.52. The molecule has 0 saturated carbocycles. The molecule has 1 nitrogen and oxygen atoms in total. The summed E-state index contributed by atoms with van der Waals surface area (Å²) < 4.78 is 6.15. The molecule has 0 aromatic heterocycles. The molecule has 0 atom stereocenters. The first-order valence-electron chi connectivity index (χ1n) is 7.67. The van der Waals surface area contributed by atoms with Gasteiger partial charge >= 0.3 is 0 Å². The molecule has 1 aliphatic heterocycles. The van der Waals surface area contributed by atoms with E-state index in [2.05, 4.69) is 74.5 Å². The molecule has 106 valence electrons. The Hall–Kier alpha value is -2.48. The van der Waals surface area contributed by atoms with Gasteiger partial charge < -0.3 is 4.74 Å². The lowest BCUT2D eigenvalue weighted by atomic mass is 9.35. The molecule has 0 aliphatic carbocycles. The van der Waals surface area contributed by atoms with Gasteiger partial charge in [0.25, 0.3) is 6.71 Å². The minimum absolute atomic E-state index is 0.238. The first-order valence-corrected chi connectivity index (χ1v) is 7.67. The predicted octanol–water partition coefficient (Wildman–Crippen LogP) is 2.93. The van der Waals surface area contributed by atoms with Crippen LogP contribution in [-0.4, -0.2) is 6.71 Å². The van der Waals surface area contributed by atoms with Crippen LogP contribution in [0.15, 0.2) is 66.7 Å². The molecule has 0 spiro atoms. The van der Waals surface area contributed by atoms with Gasteiger partial charge in [0.2, 0.25) is 0 Å². The largest absolute Gasteiger partial charge is 0.458 e. The maximum absolute atomic E-state index is 6.15. The van der Waals surface area contributed by atoms with Crippen molar-refractivity contribution in [3.63, 3.8) is 0 Å². The van der Waals surface area contributed by atoms with Gasteiger partial charge in [0, 0.05) is 0 Å². The summed E-state index contributed by atoms with van der Waals surface area (Å²) in [5, 5.41) is 0. The van der Waals surface area contributed by atoms with Crippen LogP contribution in [0.2, 0.25) is 0 Å². The summed E-state index contributed by atoms with van der Waals surface area (Å²) in [7, 11) is 0. The van der Waals surface area contributed by atoms with Crippen LogP contribution in [0.3, 0.4) is 0 Å². The minimum Gasteiger partial charge on any atom is -0.458 e. The summed E-state index contributed by atoms with van der Waals surface area (Å²) >= 11 is 0. The number of rotatable bonds is 1. The Labute approximate surface area is 131 Å². The third-order valence-corrected chi connectivity index (χ3v) is 4.43. The van der Waals surface area contributed by atoms with Gasteiger partial charge in [0.15, 0.2) is 0 Å². The molecule has 0 bridgehead atoms. The molecule has 1 heterocycles. The molecule has 1 aliphatic rings. The van der Waals surface area contributed by atoms with Crippen LogP contribution >= 0.6 is 0 Å². The molecular formula is C20H17BO. The smallest absolute Gasteiger partial charge is 0.251 e. The molecule has 0 saturated heterocycles. The Kier molecular flexibility index (Phi) is 3.04. The number of ether oxygens (including phenoxy) is 1. The maximum atomic E-state index is 6.15. The van der Waals surface area contributed by atoms with E-state index in [1.165, 1.54) is 27.5 Å². The molecule has 0 amide bonds. The first kappa shape index (κ1) is 13.2. The van der Waals surface area contributed by atoms with E-state index < -0.39 is 0 Å². The van der Waals surface area contributed by atoms with Gasteiger partial charge in [-0.1, -0.05) is 65.6 Å². The fraction of sp³-hybridized carbons (Fsp3) is 0.100. The van der Waals surface area contributed by atoms with Crippen LogP contribution in [0.4, 0.5) is 0 Å². The highest BCUT2D eigenvalue weighted by atomic mass is 16.5. The second kappa shape index (κ2) is 5.06. The molecule has 0 N–H and O–H groups in total. The van der Waals surface area contributed by atoms with E-state index in [0.29, 0.717) is 0 Å². The fourth-order valence-corrected chi connectivity index (χ4v) is 3.31. The van der Waals surface area contributed by atoms with Gasteiger partial charge in [-0.15, -0.1) is 0 Å². The van der Waals surface area contributed by atoms with Crippen LogP contribution in [0.1, 0.15) is 11.1 Å². The number of benzene rings is 3. The normalized spacial score (nSPS) is 12.4. The van der Waals surface area contributed by atoms with Crippen molar-refractivity contribution in [2.45, 2.75) is 13.8 Å². The molecular weight excluding hydrogens is 267 g/mol. The summed E-state index contributed by atoms with van der Waals surface area (Å²) in [5.74, 6) is 1.95. The molecule has 22 heavy (non-hydrogen) atoms. The molecule has 2 heteroatoms. The quantitative estimate of drug-likeness (QED) is 0.488. The Morgan fingerprint density at radius 3 is 2.18 bits per heavy atom. The number of hydrogen-bond donors (Lipinski definition) is 0. The van der Waals surface area contributed by atoms with E-state index in [0.717, 1.165) is 11.5 Å². The Morgan fingerprint density at radius 2 is 1.36 bits per heavy atom. The van der Waals surface area contributed by atoms with E-state index in [-0.39, 0.29) is 6.71 Å². The van der Waals surface area contributed by atoms with Gasteiger partial charge in [0.05, 0.1) is 0 Å². The lowest BCUT2D eigenvalue weighted by molar-refractivity contribution is 0.487. The highest BCUT2D eigenvalue weighted by Gasteiger charge is 2.32. The van der Waals surface area contributed by atoms with Gasteiger partial charge in [-0.2, -0.15) is 0 Å². The van der Waals surface area contributed by atoms with Crippen molar-refractivity contribution in [2.75, 3.05) is 0 Å². The van der Waals surface area contributed by atoms with Crippen molar-refractivity contribution in [3.05, 3.63) is 77.9 Å². The lowest BCUT2D eigenvalue weighted by Gasteiger charge is -2.27. The highest BCUT2D eigenvalue weighted by Crippen LogP contribution is 2.25. The topological polar surface area (TPSA) is 9.23 Å². The maximum Gasteiger partial charge on any atom is 0.251 e. The van der Waals surface area contributed by atoms with Crippen LogP contribution < -0.4 is 21.1 Å². The van der Waals surface area contributed by atoms with Crippen molar-refractivity contribution in [3.8, 4) is 11.5 Å². The summed E-state index contributed by atoms with van der Waals surface area (Å²) in [6.07, 6.45) is 0. The predicted molar refractivity (Wildman–Crippen MR) is 93.5 cm³/mol. The second-order valence-corrected chi connectivity index (χ2v) is 5.97. The second-order valence-electron chi connectivity index (χ2n) is 5.97. The van der Waals surface area contributed by atoms with Gasteiger partial charge in [-0.05, 0) is 42.5 Å². The molecule has 0 unspecified atom stereocenters. The number of aryl methyl sites for hydroxylation is 2. The van der Waals surface area contributed by atoms with Crippen molar-refractivity contribution < 1.29 is 4.74 Å². The molecule has 0 radical (unpaired) electrons. The zero-order valence-corrected chi connectivity index (χ0v) is 12.8. The molecule has 3 aromatic rings. The van der Waals surface area contributed by atoms with Crippen LogP contribution in [-0.2, 0) is 0 Å². The minimum atomic E-state index is 0.238. The van der Waals surface area contributed by atoms with E-state index in [4.69, 9.17) is 4.74 Å². The van der Waals surface area contributed by atoms with Crippen molar-refractivity contribution in [2.24, 2.45) is 0 Å². The SMILES string of the molecule is Cc1ccc2c(c1)Oc1ccccc1B2c1ccccc1C. The standard InChI is InChI=1S/C20H17BO/c1-14-11-12-18-20(13-14)22-19-10-6-5-9-17(19)21(18)16-8-4-3-7-15(16)2/h3-13H,1-2H3.